The Balaban J connectivity index is 0.000000697. The molecule has 2 rings (SSSR count). The molecule has 12 nitrogen and oxygen atoms in total. The number of amides is 2. The van der Waals surface area contributed by atoms with Gasteiger partial charge in [-0.05, 0) is 76.3 Å². The minimum absolute atomic E-state index is 0.279. The smallest absolute Gasteiger partial charge is 0.326 e. The van der Waals surface area contributed by atoms with Gasteiger partial charge >= 0.3 is 24.1 Å². The predicted molar refractivity (Wildman–Crippen MR) is 131 cm³/mol. The number of hydrogen-bond acceptors (Lipinski definition) is 10. The molecular formula is C24H44N4O8. The Morgan fingerprint density at radius 3 is 1.25 bits per heavy atom. The molecular weight excluding hydrogens is 472 g/mol. The van der Waals surface area contributed by atoms with Crippen LogP contribution < -0.4 is 11.5 Å². The molecule has 0 aromatic carbocycles. The highest BCUT2D eigenvalue weighted by Crippen LogP contribution is 2.31. The molecule has 0 saturated heterocycles. The first kappa shape index (κ1) is 31.7. The lowest BCUT2D eigenvalue weighted by atomic mass is 9.82. The largest absolute Gasteiger partial charge is 0.415 e. The number of aliphatic hydroxyl groups is 2. The number of nitrogens with two attached hydrogens (primary N) is 2. The van der Waals surface area contributed by atoms with Gasteiger partial charge in [-0.1, -0.05) is 0 Å². The van der Waals surface area contributed by atoms with Gasteiger partial charge in [0.05, 0.1) is 11.8 Å². The summed E-state index contributed by atoms with van der Waals surface area (Å²) in [6, 6.07) is 0. The van der Waals surface area contributed by atoms with Crippen molar-refractivity contribution in [3.8, 4) is 0 Å². The average molecular weight is 517 g/mol. The van der Waals surface area contributed by atoms with E-state index < -0.39 is 36.3 Å². The minimum atomic E-state index is -1.87. The van der Waals surface area contributed by atoms with Crippen molar-refractivity contribution in [3.63, 3.8) is 0 Å². The molecule has 0 bridgehead atoms. The Labute approximate surface area is 213 Å². The Bertz CT molecular complexity index is 667. The van der Waals surface area contributed by atoms with Crippen LogP contribution >= 0.6 is 0 Å². The summed E-state index contributed by atoms with van der Waals surface area (Å²) < 4.78 is 10.7. The molecule has 6 N–H and O–H groups in total. The van der Waals surface area contributed by atoms with Gasteiger partial charge < -0.3 is 41.0 Å². The molecule has 0 radical (unpaired) electrons. The van der Waals surface area contributed by atoms with Gasteiger partial charge in [0.1, 0.15) is 0 Å². The van der Waals surface area contributed by atoms with Crippen LogP contribution in [0.25, 0.3) is 0 Å². The fourth-order valence-electron chi connectivity index (χ4n) is 4.24. The Morgan fingerprint density at radius 2 is 1.03 bits per heavy atom. The molecule has 0 aromatic heterocycles. The Kier molecular flexibility index (Phi) is 13.9. The highest BCUT2D eigenvalue weighted by Gasteiger charge is 2.36. The number of esters is 2. The van der Waals surface area contributed by atoms with E-state index in [2.05, 4.69) is 0 Å². The highest BCUT2D eigenvalue weighted by molar-refractivity contribution is 5.85. The fraction of sp³-hybridized carbons (Fsp3) is 0.833. The van der Waals surface area contributed by atoms with E-state index in [9.17, 15) is 19.2 Å². The van der Waals surface area contributed by atoms with Crippen molar-refractivity contribution >= 4 is 23.8 Å². The third-order valence-corrected chi connectivity index (χ3v) is 6.78. The van der Waals surface area contributed by atoms with Crippen molar-refractivity contribution in [1.82, 2.24) is 9.80 Å². The number of carbonyl (C=O) groups is 4. The number of ether oxygens (including phenoxy) is 2. The van der Waals surface area contributed by atoms with Crippen molar-refractivity contribution in [1.29, 1.82) is 0 Å². The summed E-state index contributed by atoms with van der Waals surface area (Å²) >= 11 is 0. The lowest BCUT2D eigenvalue weighted by Crippen LogP contribution is -2.43. The van der Waals surface area contributed by atoms with Gasteiger partial charge in [-0.2, -0.15) is 0 Å². The van der Waals surface area contributed by atoms with E-state index in [4.69, 9.17) is 31.2 Å². The third kappa shape index (κ3) is 10.4. The van der Waals surface area contributed by atoms with Gasteiger partial charge in [-0.25, -0.2) is 0 Å². The maximum absolute atomic E-state index is 12.5. The summed E-state index contributed by atoms with van der Waals surface area (Å²) in [5.41, 5.74) is 11.4. The molecule has 0 spiro atoms. The number of carbonyl (C=O) groups excluding carboxylic acids is 4. The number of nitrogens with zero attached hydrogens (tertiary/aromatic N) is 2. The first-order valence-electron chi connectivity index (χ1n) is 12.5. The number of aliphatic hydroxyl groups excluding tert-OH is 1. The van der Waals surface area contributed by atoms with Crippen LogP contribution in [0.3, 0.4) is 0 Å². The van der Waals surface area contributed by atoms with Crippen LogP contribution in [0.5, 0.6) is 0 Å². The first-order valence-corrected chi connectivity index (χ1v) is 12.5. The molecule has 2 saturated carbocycles. The average Bonchev–Trinajstić information content (AvgIpc) is 2.87. The van der Waals surface area contributed by atoms with Crippen molar-refractivity contribution in [2.24, 2.45) is 35.1 Å². The minimum Gasteiger partial charge on any atom is -0.415 e. The molecule has 12 heteroatoms. The van der Waals surface area contributed by atoms with Crippen molar-refractivity contribution in [2.75, 3.05) is 41.3 Å². The summed E-state index contributed by atoms with van der Waals surface area (Å²) in [7, 11) is 5.97. The Morgan fingerprint density at radius 1 is 0.694 bits per heavy atom. The summed E-state index contributed by atoms with van der Waals surface area (Å²) in [6.07, 6.45) is 2.81. The van der Waals surface area contributed by atoms with E-state index in [1.807, 2.05) is 0 Å². The van der Waals surface area contributed by atoms with Crippen LogP contribution in [0.15, 0.2) is 0 Å². The standard InChI is InChI=1S/C20H35N3O5.C4H9NO3/c1-23(2)17(24)20(27-18(25)15-7-3-13(11-21)4-8-15)28-19(26)16-9-5-14(12-22)6-10-16;1-5(2)3(6)4(7)8/h13-16,20H,3-12,21-22H2,1-2H3;4,7-8H,1-2H3. The van der Waals surface area contributed by atoms with Gasteiger partial charge in [0.2, 0.25) is 6.29 Å². The van der Waals surface area contributed by atoms with Crippen LogP contribution in [-0.2, 0) is 28.7 Å². The van der Waals surface area contributed by atoms with Crippen LogP contribution in [0, 0.1) is 23.7 Å². The quantitative estimate of drug-likeness (QED) is 0.240. The molecule has 2 aliphatic rings. The van der Waals surface area contributed by atoms with Crippen molar-refractivity contribution in [2.45, 2.75) is 63.9 Å². The van der Waals surface area contributed by atoms with Gasteiger partial charge in [0.15, 0.2) is 0 Å². The molecule has 36 heavy (non-hydrogen) atoms. The molecule has 2 aliphatic carbocycles. The highest BCUT2D eigenvalue weighted by atomic mass is 16.7. The van der Waals surface area contributed by atoms with Crippen LogP contribution in [0.1, 0.15) is 51.4 Å². The van der Waals surface area contributed by atoms with E-state index in [0.717, 1.165) is 30.6 Å². The fourth-order valence-corrected chi connectivity index (χ4v) is 4.24. The number of hydrogen-bond donors (Lipinski definition) is 4. The molecule has 0 aromatic rings. The molecule has 0 atom stereocenters. The van der Waals surface area contributed by atoms with Crippen LogP contribution in [0.4, 0.5) is 0 Å². The zero-order chi connectivity index (χ0) is 27.4. The predicted octanol–water partition coefficient (Wildman–Crippen LogP) is -0.597. The summed E-state index contributed by atoms with van der Waals surface area (Å²) in [5.74, 6) is -1.89. The van der Waals surface area contributed by atoms with E-state index in [1.165, 1.54) is 33.1 Å². The molecule has 2 amide bonds. The first-order chi connectivity index (χ1) is 16.9. The second-order valence-electron chi connectivity index (χ2n) is 9.95. The monoisotopic (exact) mass is 516 g/mol. The molecule has 208 valence electrons. The van der Waals surface area contributed by atoms with E-state index in [1.54, 1.807) is 0 Å². The van der Waals surface area contributed by atoms with Gasteiger partial charge in [0.25, 0.3) is 5.91 Å². The molecule has 0 unspecified atom stereocenters. The van der Waals surface area contributed by atoms with Gasteiger partial charge in [0, 0.05) is 28.2 Å². The SMILES string of the molecule is CN(C)C(=O)C(O)O.CN(C)C(=O)C(OC(=O)C1CCC(CN)CC1)OC(=O)C1CCC(CN)CC1. The lowest BCUT2D eigenvalue weighted by molar-refractivity contribution is -0.201. The third-order valence-electron chi connectivity index (χ3n) is 6.78. The zero-order valence-corrected chi connectivity index (χ0v) is 21.9. The summed E-state index contributed by atoms with van der Waals surface area (Å²) in [4.78, 5) is 50.1. The van der Waals surface area contributed by atoms with E-state index >= 15 is 0 Å². The number of rotatable bonds is 8. The Hall–Kier alpha value is -2.28. The number of likely N-dealkylation sites (N-methyl/N-ethyl adjacent to an activating group) is 2. The second-order valence-corrected chi connectivity index (χ2v) is 9.95. The molecule has 0 aliphatic heterocycles. The summed E-state index contributed by atoms with van der Waals surface area (Å²) in [6.45, 7) is 1.24. The molecule has 2 fully saturated rings. The topological polar surface area (TPSA) is 186 Å². The molecule has 0 heterocycles. The van der Waals surface area contributed by atoms with Crippen molar-refractivity contribution < 1.29 is 38.9 Å². The van der Waals surface area contributed by atoms with Gasteiger partial charge in [-0.3, -0.25) is 19.2 Å². The van der Waals surface area contributed by atoms with Crippen LogP contribution in [-0.4, -0.2) is 97.6 Å². The van der Waals surface area contributed by atoms with Crippen LogP contribution in [0.2, 0.25) is 0 Å². The summed E-state index contributed by atoms with van der Waals surface area (Å²) in [5, 5.41) is 16.3. The normalized spacial score (nSPS) is 24.6. The van der Waals surface area contributed by atoms with E-state index in [0.29, 0.717) is 50.6 Å². The van der Waals surface area contributed by atoms with Gasteiger partial charge in [-0.15, -0.1) is 0 Å². The maximum atomic E-state index is 12.5. The second kappa shape index (κ2) is 15.7. The zero-order valence-electron chi connectivity index (χ0n) is 21.9. The van der Waals surface area contributed by atoms with Crippen molar-refractivity contribution in [3.05, 3.63) is 0 Å². The maximum Gasteiger partial charge on any atom is 0.326 e. The lowest BCUT2D eigenvalue weighted by Gasteiger charge is -2.30. The van der Waals surface area contributed by atoms with E-state index in [-0.39, 0.29) is 11.8 Å².